The molecule has 71 heavy (non-hydrogen) atoms. The van der Waals surface area contributed by atoms with Crippen LogP contribution in [0.4, 0.5) is 26.7 Å². The molecule has 2 amide bonds. The Morgan fingerprint density at radius 3 is 1.41 bits per heavy atom. The Balaban J connectivity index is 0.648. The molecule has 0 bridgehead atoms. The summed E-state index contributed by atoms with van der Waals surface area (Å²) in [6, 6.07) is 46.2. The number of amides is 2. The minimum atomic E-state index is -0.979. The summed E-state index contributed by atoms with van der Waals surface area (Å²) < 4.78 is 10.6. The van der Waals surface area contributed by atoms with Crippen molar-refractivity contribution in [3.05, 3.63) is 226 Å². The van der Waals surface area contributed by atoms with Gasteiger partial charge >= 0.3 is 12.2 Å². The lowest BCUT2D eigenvalue weighted by Gasteiger charge is -2.34. The van der Waals surface area contributed by atoms with Gasteiger partial charge < -0.3 is 41.0 Å². The maximum Gasteiger partial charge on any atom is 0.408 e. The van der Waals surface area contributed by atoms with Crippen molar-refractivity contribution in [2.75, 3.05) is 17.3 Å². The number of aromatic hydroxyl groups is 1. The van der Waals surface area contributed by atoms with Crippen LogP contribution in [0.1, 0.15) is 63.7 Å². The highest BCUT2D eigenvalue weighted by Crippen LogP contribution is 2.41. The number of phenols is 1. The second-order valence-electron chi connectivity index (χ2n) is 17.0. The van der Waals surface area contributed by atoms with Crippen molar-refractivity contribution in [1.29, 1.82) is 0 Å². The monoisotopic (exact) mass is 942 g/mol. The quantitative estimate of drug-likeness (QED) is 0.0499. The van der Waals surface area contributed by atoms with Crippen LogP contribution in [0.25, 0.3) is 22.3 Å². The highest BCUT2D eigenvalue weighted by atomic mass is 16.6. The van der Waals surface area contributed by atoms with Gasteiger partial charge in [-0.15, -0.1) is 0 Å². The molecule has 3 aliphatic rings. The average molecular weight is 943 g/mol. The molecule has 14 heteroatoms. The Hall–Kier alpha value is -9.56. The van der Waals surface area contributed by atoms with Gasteiger partial charge in [-0.05, 0) is 81.9 Å². The summed E-state index contributed by atoms with van der Waals surface area (Å²) in [7, 11) is 0. The summed E-state index contributed by atoms with van der Waals surface area (Å²) in [6.07, 6.45) is 1.62. The van der Waals surface area contributed by atoms with Crippen molar-refractivity contribution in [1.82, 2.24) is 10.6 Å². The highest BCUT2D eigenvalue weighted by Gasteiger charge is 2.46. The average Bonchev–Trinajstić information content (AvgIpc) is 3.40. The van der Waals surface area contributed by atoms with Gasteiger partial charge in [0.2, 0.25) is 0 Å². The SMILES string of the molecule is O=C(NCNC(=O)OCc1ccc(-c2ccc(Nc3ccc(O)c4c3C(=O)c3ccccc3C4=O)cc2)cc1)OCc1ccc(-c2ccc(NC3=CC=C(O)C4C(=O)c5ccccc5C(=O)C34)cc2)cc1. The molecule has 7 aromatic rings. The number of carbonyl (C=O) groups is 6. The number of aliphatic hydroxyl groups is 1. The normalized spacial score (nSPS) is 15.4. The number of Topliss-reactive ketones (excluding diaryl/α,β-unsaturated/α-hetero) is 2. The van der Waals surface area contributed by atoms with Crippen molar-refractivity contribution in [3.8, 4) is 28.0 Å². The molecule has 7 aromatic carbocycles. The summed E-state index contributed by atoms with van der Waals surface area (Å²) in [5.41, 5.74) is 8.73. The lowest BCUT2D eigenvalue weighted by atomic mass is 9.70. The van der Waals surface area contributed by atoms with Crippen LogP contribution in [-0.4, -0.2) is 52.2 Å². The van der Waals surface area contributed by atoms with Crippen molar-refractivity contribution in [2.45, 2.75) is 13.2 Å². The first-order chi connectivity index (χ1) is 34.5. The first-order valence-electron chi connectivity index (χ1n) is 22.6. The van der Waals surface area contributed by atoms with E-state index >= 15 is 0 Å². The number of allylic oxidation sites excluding steroid dienone is 4. The molecule has 0 fully saturated rings. The molecule has 0 spiro atoms. The lowest BCUT2D eigenvalue weighted by molar-refractivity contribution is 0.0750. The second-order valence-corrected chi connectivity index (χ2v) is 17.0. The molecule has 10 rings (SSSR count). The number of rotatable bonds is 12. The van der Waals surface area contributed by atoms with Gasteiger partial charge in [0.25, 0.3) is 0 Å². The number of carbonyl (C=O) groups excluding carboxylic acids is 6. The van der Waals surface area contributed by atoms with Gasteiger partial charge in [-0.2, -0.15) is 0 Å². The number of benzene rings is 7. The molecule has 0 radical (unpaired) electrons. The van der Waals surface area contributed by atoms with E-state index in [1.54, 1.807) is 60.7 Å². The van der Waals surface area contributed by atoms with Gasteiger partial charge in [-0.3, -0.25) is 19.2 Å². The van der Waals surface area contributed by atoms with E-state index in [2.05, 4.69) is 21.3 Å². The fourth-order valence-electron chi connectivity index (χ4n) is 8.98. The van der Waals surface area contributed by atoms with Gasteiger partial charge in [0, 0.05) is 39.3 Å². The number of fused-ring (bicyclic) bond motifs is 4. The van der Waals surface area contributed by atoms with E-state index in [-0.39, 0.29) is 71.0 Å². The van der Waals surface area contributed by atoms with Crippen LogP contribution in [0.5, 0.6) is 5.75 Å². The Morgan fingerprint density at radius 2 is 0.901 bits per heavy atom. The van der Waals surface area contributed by atoms with Crippen molar-refractivity contribution in [3.63, 3.8) is 0 Å². The molecule has 0 saturated heterocycles. The van der Waals surface area contributed by atoms with Crippen LogP contribution in [0.3, 0.4) is 0 Å². The lowest BCUT2D eigenvalue weighted by Crippen LogP contribution is -2.41. The molecule has 2 unspecified atom stereocenters. The summed E-state index contributed by atoms with van der Waals surface area (Å²) in [4.78, 5) is 78.2. The third-order valence-corrected chi connectivity index (χ3v) is 12.6. The number of ketones is 4. The van der Waals surface area contributed by atoms with Crippen LogP contribution >= 0.6 is 0 Å². The van der Waals surface area contributed by atoms with E-state index in [1.165, 1.54) is 12.1 Å². The summed E-state index contributed by atoms with van der Waals surface area (Å²) in [6.45, 7) is -0.238. The number of aliphatic hydroxyl groups excluding tert-OH is 1. The third-order valence-electron chi connectivity index (χ3n) is 12.6. The number of anilines is 3. The van der Waals surface area contributed by atoms with Crippen molar-refractivity contribution in [2.24, 2.45) is 11.8 Å². The Kier molecular flexibility index (Phi) is 12.2. The zero-order valence-electron chi connectivity index (χ0n) is 37.6. The predicted octanol–water partition coefficient (Wildman–Crippen LogP) is 10.4. The minimum Gasteiger partial charge on any atom is -0.512 e. The number of ether oxygens (including phenoxy) is 2. The van der Waals surface area contributed by atoms with Gasteiger partial charge in [0.15, 0.2) is 23.1 Å². The van der Waals surface area contributed by atoms with E-state index in [9.17, 15) is 39.0 Å². The van der Waals surface area contributed by atoms with Crippen molar-refractivity contribution < 1.29 is 48.5 Å². The minimum absolute atomic E-state index is 0.00795. The number of phenolic OH excluding ortho intramolecular Hbond substituents is 1. The summed E-state index contributed by atoms with van der Waals surface area (Å²) in [5, 5.41) is 32.6. The standard InChI is InChI=1S/C57H42N4O10/c62-46-27-25-44(48-50(46)54(66)42-7-3-1-5-40(42)52(48)64)60-38-21-17-36(18-22-38)34-13-9-32(10-14-34)29-70-56(68)58-31-59-57(69)71-30-33-11-15-35(16-12-33)37-19-23-39(24-20-37)61-45-26-28-47(63)51-49(45)53(65)41-6-2-4-8-43(41)55(51)67/h1-28,48,50,60-63H,29-31H2,(H,58,68)(H,59,69). The Labute approximate surface area is 406 Å². The maximum absolute atomic E-state index is 13.5. The zero-order valence-corrected chi connectivity index (χ0v) is 37.6. The fraction of sp³-hybridized carbons (Fsp3) is 0.0877. The van der Waals surface area contributed by atoms with Crippen LogP contribution in [-0.2, 0) is 22.7 Å². The first-order valence-corrected chi connectivity index (χ1v) is 22.6. The number of alkyl carbamates (subject to hydrolysis) is 2. The van der Waals surface area contributed by atoms with E-state index in [1.807, 2.05) is 97.1 Å². The molecule has 6 N–H and O–H groups in total. The summed E-state index contributed by atoms with van der Waals surface area (Å²) in [5.74, 6) is -3.50. The largest absolute Gasteiger partial charge is 0.512 e. The molecule has 0 saturated carbocycles. The molecule has 2 atom stereocenters. The zero-order chi connectivity index (χ0) is 49.2. The van der Waals surface area contributed by atoms with E-state index < -0.39 is 29.8 Å². The van der Waals surface area contributed by atoms with Crippen LogP contribution in [0, 0.1) is 11.8 Å². The Morgan fingerprint density at radius 1 is 0.465 bits per heavy atom. The maximum atomic E-state index is 13.5. The molecule has 14 nitrogen and oxygen atoms in total. The van der Waals surface area contributed by atoms with Crippen LogP contribution in [0.15, 0.2) is 181 Å². The molecule has 0 aromatic heterocycles. The third kappa shape index (κ3) is 9.12. The van der Waals surface area contributed by atoms with Gasteiger partial charge in [-0.1, -0.05) is 121 Å². The molecular weight excluding hydrogens is 901 g/mol. The second kappa shape index (κ2) is 19.2. The molecule has 3 aliphatic carbocycles. The number of nitrogens with one attached hydrogen (secondary N) is 4. The number of hydrogen-bond donors (Lipinski definition) is 6. The molecule has 350 valence electrons. The van der Waals surface area contributed by atoms with Crippen LogP contribution in [0.2, 0.25) is 0 Å². The Bertz CT molecular complexity index is 3360. The predicted molar refractivity (Wildman–Crippen MR) is 264 cm³/mol. The summed E-state index contributed by atoms with van der Waals surface area (Å²) >= 11 is 0. The van der Waals surface area contributed by atoms with Crippen LogP contribution < -0.4 is 21.3 Å². The molecule has 0 heterocycles. The highest BCUT2D eigenvalue weighted by molar-refractivity contribution is 6.31. The smallest absolute Gasteiger partial charge is 0.408 e. The van der Waals surface area contributed by atoms with E-state index in [0.29, 0.717) is 33.9 Å². The molecular formula is C57H42N4O10. The van der Waals surface area contributed by atoms with Gasteiger partial charge in [-0.25, -0.2) is 9.59 Å². The number of hydrogen-bond acceptors (Lipinski definition) is 12. The topological polar surface area (TPSA) is 209 Å². The van der Waals surface area contributed by atoms with E-state index in [0.717, 1.165) is 33.4 Å². The van der Waals surface area contributed by atoms with Gasteiger partial charge in [0.1, 0.15) is 24.7 Å². The van der Waals surface area contributed by atoms with Gasteiger partial charge in [0.05, 0.1) is 35.3 Å². The molecule has 0 aliphatic heterocycles. The first kappa shape index (κ1) is 45.2. The van der Waals surface area contributed by atoms with E-state index in [4.69, 9.17) is 9.47 Å². The fourth-order valence-corrected chi connectivity index (χ4v) is 8.98. The van der Waals surface area contributed by atoms with Crippen molar-refractivity contribution >= 4 is 52.4 Å².